The van der Waals surface area contributed by atoms with Gasteiger partial charge in [-0.25, -0.2) is 0 Å². The molecular weight excluding hydrogens is 194 g/mol. The van der Waals surface area contributed by atoms with E-state index < -0.39 is 0 Å². The molecule has 98 valence electrons. The minimum absolute atomic E-state index is 0.585. The third kappa shape index (κ3) is 4.86. The summed E-state index contributed by atoms with van der Waals surface area (Å²) in [5.74, 6) is 0. The average molecular weight is 227 g/mol. The molecule has 0 aromatic carbocycles. The van der Waals surface area contributed by atoms with Gasteiger partial charge in [-0.15, -0.1) is 0 Å². The van der Waals surface area contributed by atoms with E-state index >= 15 is 0 Å². The van der Waals surface area contributed by atoms with Gasteiger partial charge in [0.05, 0.1) is 0 Å². The fourth-order valence-corrected chi connectivity index (χ4v) is 3.11. The zero-order valence-electron chi connectivity index (χ0n) is 12.4. The van der Waals surface area contributed by atoms with Crippen LogP contribution in [-0.4, -0.2) is 12.1 Å². The molecule has 1 nitrogen and oxygen atoms in total. The first-order chi connectivity index (χ1) is 7.54. The lowest BCUT2D eigenvalue weighted by atomic mass is 9.57. The minimum Gasteiger partial charge on any atom is -0.311 e. The third-order valence-corrected chi connectivity index (χ3v) is 3.22. The fourth-order valence-electron chi connectivity index (χ4n) is 3.11. The molecule has 0 bridgehead atoms. The van der Waals surface area contributed by atoms with E-state index in [1.54, 1.807) is 0 Å². The number of piperidine rings is 1. The van der Waals surface area contributed by atoms with Gasteiger partial charge in [-0.05, 0) is 37.6 Å². The standard InChI is InChI=1S/C10H19N.C3H8.C2H6/c1-9(2)7-10(8-9)5-3-4-6-11-10;1-3-2;1-2/h11H,3-8H2,1-2H3;3H2,1-2H3;1-2H3. The maximum atomic E-state index is 3.69. The van der Waals surface area contributed by atoms with E-state index in [-0.39, 0.29) is 0 Å². The second-order valence-electron chi connectivity index (χ2n) is 5.89. The summed E-state index contributed by atoms with van der Waals surface area (Å²) in [5, 5.41) is 3.69. The Kier molecular flexibility index (Phi) is 7.30. The van der Waals surface area contributed by atoms with Crippen LogP contribution in [0.5, 0.6) is 0 Å². The largest absolute Gasteiger partial charge is 0.311 e. The zero-order chi connectivity index (χ0) is 12.7. The summed E-state index contributed by atoms with van der Waals surface area (Å²) < 4.78 is 0. The molecule has 0 amide bonds. The Morgan fingerprint density at radius 2 is 1.50 bits per heavy atom. The Labute approximate surface area is 103 Å². The smallest absolute Gasteiger partial charge is 0.0191 e. The SMILES string of the molecule is CC.CC1(C)CC2(CCCCN2)C1.CCC. The van der Waals surface area contributed by atoms with Crippen LogP contribution in [0.25, 0.3) is 0 Å². The van der Waals surface area contributed by atoms with E-state index in [2.05, 4.69) is 33.0 Å². The van der Waals surface area contributed by atoms with Gasteiger partial charge in [0, 0.05) is 5.54 Å². The van der Waals surface area contributed by atoms with Crippen LogP contribution < -0.4 is 5.32 Å². The summed E-state index contributed by atoms with van der Waals surface area (Å²) in [7, 11) is 0. The second-order valence-corrected chi connectivity index (χ2v) is 5.89. The molecule has 16 heavy (non-hydrogen) atoms. The Balaban J connectivity index is 0.000000394. The van der Waals surface area contributed by atoms with Crippen molar-refractivity contribution in [1.29, 1.82) is 0 Å². The first kappa shape index (κ1) is 16.0. The Morgan fingerprint density at radius 1 is 1.00 bits per heavy atom. The van der Waals surface area contributed by atoms with Crippen LogP contribution in [0.1, 0.15) is 80.1 Å². The predicted molar refractivity (Wildman–Crippen MR) is 74.9 cm³/mol. The normalized spacial score (nSPS) is 24.4. The number of rotatable bonds is 0. The molecule has 0 radical (unpaired) electrons. The van der Waals surface area contributed by atoms with Crippen LogP contribution in [0.4, 0.5) is 0 Å². The van der Waals surface area contributed by atoms with Crippen molar-refractivity contribution in [3.8, 4) is 0 Å². The van der Waals surface area contributed by atoms with Crippen LogP contribution in [0.3, 0.4) is 0 Å². The lowest BCUT2D eigenvalue weighted by molar-refractivity contribution is 0.0117. The van der Waals surface area contributed by atoms with Gasteiger partial charge in [0.25, 0.3) is 0 Å². The van der Waals surface area contributed by atoms with Gasteiger partial charge >= 0.3 is 0 Å². The first-order valence-corrected chi connectivity index (χ1v) is 7.29. The van der Waals surface area contributed by atoms with Crippen LogP contribution in [-0.2, 0) is 0 Å². The summed E-state index contributed by atoms with van der Waals surface area (Å²) in [6, 6.07) is 0. The molecule has 0 atom stereocenters. The molecule has 0 unspecified atom stereocenters. The predicted octanol–water partition coefficient (Wildman–Crippen LogP) is 4.76. The van der Waals surface area contributed by atoms with Crippen molar-refractivity contribution in [3.63, 3.8) is 0 Å². The summed E-state index contributed by atoms with van der Waals surface area (Å²) in [4.78, 5) is 0. The molecule has 0 aromatic rings. The average Bonchev–Trinajstić information content (AvgIpc) is 2.20. The van der Waals surface area contributed by atoms with E-state index in [1.807, 2.05) is 13.8 Å². The monoisotopic (exact) mass is 227 g/mol. The van der Waals surface area contributed by atoms with Crippen molar-refractivity contribution in [2.45, 2.75) is 85.6 Å². The summed E-state index contributed by atoms with van der Waals surface area (Å²) >= 11 is 0. The highest BCUT2D eigenvalue weighted by Crippen LogP contribution is 2.51. The highest BCUT2D eigenvalue weighted by Gasteiger charge is 2.48. The number of hydrogen-bond donors (Lipinski definition) is 1. The lowest BCUT2D eigenvalue weighted by Gasteiger charge is -2.55. The van der Waals surface area contributed by atoms with E-state index in [1.165, 1.54) is 45.1 Å². The molecule has 2 fully saturated rings. The van der Waals surface area contributed by atoms with Gasteiger partial charge < -0.3 is 5.32 Å². The second kappa shape index (κ2) is 7.32. The van der Waals surface area contributed by atoms with Crippen molar-refractivity contribution in [2.24, 2.45) is 5.41 Å². The van der Waals surface area contributed by atoms with Crippen molar-refractivity contribution < 1.29 is 0 Å². The van der Waals surface area contributed by atoms with Gasteiger partial charge in [0.2, 0.25) is 0 Å². The quantitative estimate of drug-likeness (QED) is 0.629. The minimum atomic E-state index is 0.585. The molecule has 0 aromatic heterocycles. The molecule has 1 heterocycles. The third-order valence-electron chi connectivity index (χ3n) is 3.22. The topological polar surface area (TPSA) is 12.0 Å². The van der Waals surface area contributed by atoms with Gasteiger partial charge in [-0.3, -0.25) is 0 Å². The van der Waals surface area contributed by atoms with E-state index in [9.17, 15) is 0 Å². The van der Waals surface area contributed by atoms with Crippen LogP contribution >= 0.6 is 0 Å². The van der Waals surface area contributed by atoms with Crippen molar-refractivity contribution in [1.82, 2.24) is 5.32 Å². The van der Waals surface area contributed by atoms with Gasteiger partial charge in [-0.1, -0.05) is 54.4 Å². The molecule has 1 aliphatic heterocycles. The molecule has 1 heteroatoms. The van der Waals surface area contributed by atoms with Crippen molar-refractivity contribution in [2.75, 3.05) is 6.54 Å². The fraction of sp³-hybridized carbons (Fsp3) is 1.00. The van der Waals surface area contributed by atoms with Crippen LogP contribution in [0.15, 0.2) is 0 Å². The maximum absolute atomic E-state index is 3.69. The molecule has 1 aliphatic carbocycles. The first-order valence-electron chi connectivity index (χ1n) is 7.29. The van der Waals surface area contributed by atoms with Crippen molar-refractivity contribution >= 4 is 0 Å². The van der Waals surface area contributed by atoms with Gasteiger partial charge in [0.1, 0.15) is 0 Å². The molecular formula is C15H33N. The molecule has 2 rings (SSSR count). The van der Waals surface area contributed by atoms with Gasteiger partial charge in [-0.2, -0.15) is 0 Å². The van der Waals surface area contributed by atoms with Crippen molar-refractivity contribution in [3.05, 3.63) is 0 Å². The number of nitrogens with one attached hydrogen (secondary N) is 1. The van der Waals surface area contributed by atoms with Crippen LogP contribution in [0.2, 0.25) is 0 Å². The highest BCUT2D eigenvalue weighted by molar-refractivity contribution is 5.06. The van der Waals surface area contributed by atoms with E-state index in [0.717, 1.165) is 0 Å². The lowest BCUT2D eigenvalue weighted by Crippen LogP contribution is -2.60. The molecule has 1 N–H and O–H groups in total. The van der Waals surface area contributed by atoms with Crippen LogP contribution in [0, 0.1) is 5.41 Å². The van der Waals surface area contributed by atoms with E-state index in [4.69, 9.17) is 0 Å². The van der Waals surface area contributed by atoms with E-state index in [0.29, 0.717) is 11.0 Å². The van der Waals surface area contributed by atoms with Gasteiger partial charge in [0.15, 0.2) is 0 Å². The number of hydrogen-bond acceptors (Lipinski definition) is 1. The summed E-state index contributed by atoms with van der Waals surface area (Å²) in [6.07, 6.45) is 8.32. The zero-order valence-corrected chi connectivity index (χ0v) is 12.4. The molecule has 1 spiro atoms. The Morgan fingerprint density at radius 3 is 1.81 bits per heavy atom. The highest BCUT2D eigenvalue weighted by atomic mass is 15.0. The molecule has 2 aliphatic rings. The Bertz CT molecular complexity index is 156. The summed E-state index contributed by atoms with van der Waals surface area (Å²) in [5.41, 5.74) is 1.21. The molecule has 1 saturated carbocycles. The maximum Gasteiger partial charge on any atom is 0.0191 e. The Hall–Kier alpha value is -0.0400. The summed E-state index contributed by atoms with van der Waals surface area (Å²) in [6.45, 7) is 14.3. The molecule has 1 saturated heterocycles.